The molecule has 4 aromatic carbocycles. The lowest BCUT2D eigenvalue weighted by atomic mass is 9.66. The molecule has 10 heteroatoms. The first-order valence-corrected chi connectivity index (χ1v) is 22.1. The summed E-state index contributed by atoms with van der Waals surface area (Å²) in [4.78, 5) is 58.0. The smallest absolute Gasteiger partial charge is 0.197 e. The quantitative estimate of drug-likeness (QED) is 0.0990. The Bertz CT molecular complexity index is 2890. The van der Waals surface area contributed by atoms with E-state index in [9.17, 15) is 36.7 Å². The first-order chi connectivity index (χ1) is 29.0. The van der Waals surface area contributed by atoms with Gasteiger partial charge in [0, 0.05) is 42.8 Å². The van der Waals surface area contributed by atoms with E-state index in [2.05, 4.69) is 12.2 Å². The van der Waals surface area contributed by atoms with Crippen molar-refractivity contribution in [3.63, 3.8) is 0 Å². The summed E-state index contributed by atoms with van der Waals surface area (Å²) < 4.78 is 59.0. The second-order valence-electron chi connectivity index (χ2n) is 17.3. The zero-order chi connectivity index (χ0) is 41.0. The summed E-state index contributed by atoms with van der Waals surface area (Å²) in [5.41, 5.74) is 4.61. The minimum absolute atomic E-state index is 0.0740. The van der Waals surface area contributed by atoms with Gasteiger partial charge in [0.15, 0.2) is 46.4 Å². The third-order valence-corrected chi connectivity index (χ3v) is 16.7. The average Bonchev–Trinajstić information content (AvgIpc) is 4.02. The van der Waals surface area contributed by atoms with Crippen LogP contribution in [-0.4, -0.2) is 23.1 Å². The highest BCUT2D eigenvalue weighted by molar-refractivity contribution is 7.29. The van der Waals surface area contributed by atoms with Crippen LogP contribution >= 0.6 is 22.7 Å². The summed E-state index contributed by atoms with van der Waals surface area (Å²) in [5, 5.41) is 1.42. The number of rotatable bonds is 2. The number of halogens is 4. The summed E-state index contributed by atoms with van der Waals surface area (Å²) in [6, 6.07) is 10.2. The van der Waals surface area contributed by atoms with Gasteiger partial charge in [0.2, 0.25) is 0 Å². The van der Waals surface area contributed by atoms with Crippen molar-refractivity contribution in [2.45, 2.75) is 75.0 Å². The van der Waals surface area contributed by atoms with E-state index >= 15 is 0 Å². The van der Waals surface area contributed by atoms with E-state index in [1.54, 1.807) is 34.8 Å². The molecule has 0 radical (unpaired) electrons. The topological polar surface area (TPSA) is 68.3 Å². The second-order valence-corrected chi connectivity index (χ2v) is 19.4. The minimum atomic E-state index is -1.02. The maximum absolute atomic E-state index is 14.1. The summed E-state index contributed by atoms with van der Waals surface area (Å²) in [7, 11) is 0. The van der Waals surface area contributed by atoms with Crippen molar-refractivity contribution in [3.05, 3.63) is 149 Å². The Morgan fingerprint density at radius 1 is 0.433 bits per heavy atom. The third kappa shape index (κ3) is 4.77. The molecule has 0 bridgehead atoms. The fourth-order valence-electron chi connectivity index (χ4n) is 11.4. The molecule has 0 aliphatic heterocycles. The van der Waals surface area contributed by atoms with Crippen LogP contribution in [0.15, 0.2) is 83.0 Å². The molecule has 2 aromatic heterocycles. The van der Waals surface area contributed by atoms with Crippen LogP contribution in [0, 0.1) is 23.3 Å². The first-order valence-electron chi connectivity index (χ1n) is 20.5. The van der Waals surface area contributed by atoms with Gasteiger partial charge in [-0.25, -0.2) is 17.6 Å². The van der Waals surface area contributed by atoms with E-state index in [1.807, 2.05) is 0 Å². The molecule has 2 spiro atoms. The Morgan fingerprint density at radius 2 is 0.733 bits per heavy atom. The van der Waals surface area contributed by atoms with Crippen LogP contribution in [0.1, 0.15) is 127 Å². The van der Waals surface area contributed by atoms with Crippen LogP contribution in [0.5, 0.6) is 0 Å². The van der Waals surface area contributed by atoms with E-state index in [4.69, 9.17) is 0 Å². The molecule has 296 valence electrons. The Kier molecular flexibility index (Phi) is 7.55. The van der Waals surface area contributed by atoms with Gasteiger partial charge in [-0.1, -0.05) is 38.5 Å². The summed E-state index contributed by atoms with van der Waals surface area (Å²) in [5.74, 6) is -5.70. The van der Waals surface area contributed by atoms with E-state index in [1.165, 1.54) is 44.8 Å². The Morgan fingerprint density at radius 3 is 1.03 bits per heavy atom. The molecule has 0 N–H and O–H groups in total. The number of fused-ring (bicyclic) bond motifs is 11. The number of carbonyl (C=O) groups is 4. The fraction of sp³-hybridized carbons (Fsp3) is 0.240. The van der Waals surface area contributed by atoms with Gasteiger partial charge in [0.25, 0.3) is 0 Å². The highest BCUT2D eigenvalue weighted by Gasteiger charge is 2.50. The predicted molar refractivity (Wildman–Crippen MR) is 226 cm³/mol. The van der Waals surface area contributed by atoms with E-state index < -0.39 is 46.4 Å². The average molecular weight is 837 g/mol. The van der Waals surface area contributed by atoms with E-state index in [0.717, 1.165) is 109 Å². The number of allylic oxidation sites excluding steroid dienone is 6. The van der Waals surface area contributed by atoms with Crippen molar-refractivity contribution in [2.75, 3.05) is 0 Å². The van der Waals surface area contributed by atoms with Crippen molar-refractivity contribution in [2.24, 2.45) is 0 Å². The molecule has 6 aromatic rings. The Balaban J connectivity index is 0.955. The Labute approximate surface area is 348 Å². The fourth-order valence-corrected chi connectivity index (χ4v) is 14.6. The van der Waals surface area contributed by atoms with Gasteiger partial charge in [0.1, 0.15) is 0 Å². The van der Waals surface area contributed by atoms with E-state index in [0.29, 0.717) is 21.5 Å². The molecule has 0 atom stereocenters. The molecule has 60 heavy (non-hydrogen) atoms. The molecular formula is C50H32F4O4S2. The Hall–Kier alpha value is -5.58. The van der Waals surface area contributed by atoms with Crippen molar-refractivity contribution in [1.29, 1.82) is 0 Å². The van der Waals surface area contributed by atoms with Gasteiger partial charge in [0.05, 0.1) is 20.5 Å². The predicted octanol–water partition coefficient (Wildman–Crippen LogP) is 13.0. The van der Waals surface area contributed by atoms with Crippen molar-refractivity contribution in [1.82, 2.24) is 0 Å². The second kappa shape index (κ2) is 12.5. The molecule has 4 nitrogen and oxygen atoms in total. The number of hydrogen-bond donors (Lipinski definition) is 0. The van der Waals surface area contributed by atoms with Crippen LogP contribution in [-0.2, 0) is 10.8 Å². The van der Waals surface area contributed by atoms with Gasteiger partial charge in [-0.3, -0.25) is 19.2 Å². The van der Waals surface area contributed by atoms with Crippen LogP contribution in [0.2, 0.25) is 0 Å². The SMILES string of the molecule is O=C1C(=CC2=Cc3sc4c5c(sc4c3C23CCCCC3)C=C(C=C2C(=O)c3cc4cc(F)c(F)cc4cc3C2=O)C52CCCCC2)C(=O)c2cc3cc(F)c(F)cc3cc21. The first kappa shape index (κ1) is 36.3. The van der Waals surface area contributed by atoms with E-state index in [-0.39, 0.29) is 44.2 Å². The molecule has 2 saturated carbocycles. The van der Waals surface area contributed by atoms with Crippen molar-refractivity contribution < 1.29 is 36.7 Å². The lowest BCUT2D eigenvalue weighted by molar-refractivity contribution is 0.0973. The van der Waals surface area contributed by atoms with Gasteiger partial charge < -0.3 is 0 Å². The summed E-state index contributed by atoms with van der Waals surface area (Å²) in [6.07, 6.45) is 17.6. The number of hydrogen-bond acceptors (Lipinski definition) is 6. The lowest BCUT2D eigenvalue weighted by Crippen LogP contribution is -2.29. The van der Waals surface area contributed by atoms with Crippen molar-refractivity contribution >= 4 is 88.9 Å². The molecular weight excluding hydrogens is 805 g/mol. The number of ketones is 4. The number of thiophene rings is 2. The maximum atomic E-state index is 14.1. The molecule has 2 heterocycles. The van der Waals surface area contributed by atoms with Crippen LogP contribution < -0.4 is 0 Å². The minimum Gasteiger partial charge on any atom is -0.288 e. The molecule has 12 rings (SSSR count). The van der Waals surface area contributed by atoms with Crippen LogP contribution in [0.4, 0.5) is 17.6 Å². The van der Waals surface area contributed by atoms with Gasteiger partial charge in [-0.2, -0.15) is 0 Å². The normalized spacial score (nSPS) is 19.9. The number of benzene rings is 4. The highest BCUT2D eigenvalue weighted by Crippen LogP contribution is 2.63. The van der Waals surface area contributed by atoms with Gasteiger partial charge in [-0.05, 0) is 142 Å². The highest BCUT2D eigenvalue weighted by atomic mass is 32.1. The summed E-state index contributed by atoms with van der Waals surface area (Å²) in [6.45, 7) is 0. The molecule has 0 saturated heterocycles. The monoisotopic (exact) mass is 836 g/mol. The number of Topliss-reactive ketones (excluding diaryl/α,β-unsaturated/α-hetero) is 4. The largest absolute Gasteiger partial charge is 0.288 e. The third-order valence-electron chi connectivity index (χ3n) is 14.2. The maximum Gasteiger partial charge on any atom is 0.197 e. The number of carbonyl (C=O) groups excluding carboxylic acids is 4. The van der Waals surface area contributed by atoms with Crippen LogP contribution in [0.3, 0.4) is 0 Å². The zero-order valence-electron chi connectivity index (χ0n) is 32.0. The molecule has 0 unspecified atom stereocenters. The standard InChI is InChI=1S/C50H32F4O4S2/c51-35-15-23-11-29-30(12-24(23)16-36(35)52)44(56)33(43(29)55)19-27-21-39-41(49(27)7-3-1-4-8-49)47-48(59-39)42-40(60-47)22-28(50(42)9-5-2-6-10-50)20-34-45(57)31-13-25-17-37(53)38(54)18-26(25)14-32(31)46(34)58/h11-22H,1-10H2. The molecule has 0 amide bonds. The molecule has 6 aliphatic rings. The molecule has 2 fully saturated rings. The van der Waals surface area contributed by atoms with Crippen LogP contribution in [0.25, 0.3) is 43.1 Å². The van der Waals surface area contributed by atoms with Crippen molar-refractivity contribution in [3.8, 4) is 0 Å². The lowest BCUT2D eigenvalue weighted by Gasteiger charge is -2.37. The molecule has 6 aliphatic carbocycles. The zero-order valence-corrected chi connectivity index (χ0v) is 33.6. The van der Waals surface area contributed by atoms with Gasteiger partial charge in [-0.15, -0.1) is 22.7 Å². The van der Waals surface area contributed by atoms with Gasteiger partial charge >= 0.3 is 0 Å². The summed E-state index contributed by atoms with van der Waals surface area (Å²) >= 11 is 3.48.